The molecule has 1 saturated carbocycles. The van der Waals surface area contributed by atoms with Crippen LogP contribution in [-0.2, 0) is 10.0 Å². The van der Waals surface area contributed by atoms with Crippen LogP contribution in [0.2, 0.25) is 0 Å². The monoisotopic (exact) mass is 543 g/mol. The van der Waals surface area contributed by atoms with Crippen LogP contribution in [-0.4, -0.2) is 70.7 Å². The van der Waals surface area contributed by atoms with E-state index in [-0.39, 0.29) is 36.8 Å². The highest BCUT2D eigenvalue weighted by molar-refractivity contribution is 7.89. The summed E-state index contributed by atoms with van der Waals surface area (Å²) in [6.07, 6.45) is -3.17. The van der Waals surface area contributed by atoms with Crippen LogP contribution in [0.3, 0.4) is 0 Å². The summed E-state index contributed by atoms with van der Waals surface area (Å²) < 4.78 is 88.6. The first kappa shape index (κ1) is 27.0. The number of nitrogens with zero attached hydrogens (tertiary/aromatic N) is 4. The number of rotatable bonds is 6. The van der Waals surface area contributed by atoms with Gasteiger partial charge in [0.2, 0.25) is 21.9 Å². The maximum atomic E-state index is 15.0. The third kappa shape index (κ3) is 5.78. The molecule has 0 bridgehead atoms. The van der Waals surface area contributed by atoms with Gasteiger partial charge in [0, 0.05) is 25.9 Å². The average Bonchev–Trinajstić information content (AvgIpc) is 2.81. The molecule has 1 aromatic carbocycles. The molecule has 0 amide bonds. The molecule has 0 unspecified atom stereocenters. The zero-order chi connectivity index (χ0) is 27.0. The molecule has 4 atom stereocenters. The van der Waals surface area contributed by atoms with E-state index in [4.69, 9.17) is 4.74 Å². The van der Waals surface area contributed by atoms with Gasteiger partial charge in [-0.15, -0.1) is 0 Å². The Hall–Kier alpha value is -3.02. The standard InChI is InChI=1S/C23H25F4N5O4S/c1-22(33)13-23(26,27)8-6-19(22)36-20-14(10-28)11-29-21(31-20)30-17-7-9-32(12-16(17)25)37(34,35)18-5-3-2-4-15(18)24/h2-5,11,16-17,19,33H,6-9,12-13H2,1H3,(H,29,30,31)/t16-,17-,19+,22-/m0/s1. The Bertz CT molecular complexity index is 1300. The number of nitrogens with one attached hydrogen (secondary N) is 1. The van der Waals surface area contributed by atoms with Gasteiger partial charge in [-0.2, -0.15) is 14.6 Å². The molecular weight excluding hydrogens is 518 g/mol. The van der Waals surface area contributed by atoms with Crippen molar-refractivity contribution in [3.8, 4) is 11.9 Å². The normalized spacial score (nSPS) is 28.3. The van der Waals surface area contributed by atoms with Crippen LogP contribution in [0.5, 0.6) is 5.88 Å². The van der Waals surface area contributed by atoms with E-state index in [0.717, 1.165) is 22.6 Å². The molecule has 0 radical (unpaired) electrons. The maximum Gasteiger partial charge on any atom is 0.251 e. The summed E-state index contributed by atoms with van der Waals surface area (Å²) in [6.45, 7) is 0.578. The Morgan fingerprint density at radius 1 is 1.30 bits per heavy atom. The minimum absolute atomic E-state index is 0.000813. The van der Waals surface area contributed by atoms with Crippen LogP contribution >= 0.6 is 0 Å². The number of ether oxygens (including phenoxy) is 1. The van der Waals surface area contributed by atoms with Crippen molar-refractivity contribution in [3.05, 3.63) is 41.8 Å². The fourth-order valence-electron chi connectivity index (χ4n) is 4.52. The molecule has 2 heterocycles. The first-order chi connectivity index (χ1) is 17.3. The second-order valence-electron chi connectivity index (χ2n) is 9.41. The summed E-state index contributed by atoms with van der Waals surface area (Å²) >= 11 is 0. The highest BCUT2D eigenvalue weighted by Gasteiger charge is 2.49. The molecule has 37 heavy (non-hydrogen) atoms. The number of aromatic nitrogens is 2. The Morgan fingerprint density at radius 2 is 2.03 bits per heavy atom. The molecule has 0 spiro atoms. The SMILES string of the molecule is C[C@]1(O)CC(F)(F)CC[C@H]1Oc1nc(N[C@H]2CCN(S(=O)(=O)c3ccccc3F)C[C@@H]2F)ncc1C#N. The lowest BCUT2D eigenvalue weighted by Gasteiger charge is -2.40. The fraction of sp³-hybridized carbons (Fsp3) is 0.522. The quantitative estimate of drug-likeness (QED) is 0.533. The number of sulfonamides is 1. The largest absolute Gasteiger partial charge is 0.470 e. The van der Waals surface area contributed by atoms with Gasteiger partial charge >= 0.3 is 0 Å². The number of benzene rings is 1. The minimum atomic E-state index is -4.25. The minimum Gasteiger partial charge on any atom is -0.470 e. The first-order valence-corrected chi connectivity index (χ1v) is 13.0. The number of hydrogen-bond acceptors (Lipinski definition) is 8. The van der Waals surface area contributed by atoms with E-state index < -0.39 is 70.0 Å². The first-order valence-electron chi connectivity index (χ1n) is 11.5. The predicted molar refractivity (Wildman–Crippen MR) is 123 cm³/mol. The summed E-state index contributed by atoms with van der Waals surface area (Å²) in [4.78, 5) is 7.50. The zero-order valence-corrected chi connectivity index (χ0v) is 20.6. The second kappa shape index (κ2) is 10.0. The molecule has 2 N–H and O–H groups in total. The van der Waals surface area contributed by atoms with Crippen molar-refractivity contribution < 1.29 is 35.8 Å². The molecule has 9 nitrogen and oxygen atoms in total. The lowest BCUT2D eigenvalue weighted by atomic mass is 9.81. The maximum absolute atomic E-state index is 15.0. The number of aliphatic hydroxyl groups is 1. The zero-order valence-electron chi connectivity index (χ0n) is 19.7. The topological polar surface area (TPSA) is 128 Å². The average molecular weight is 544 g/mol. The third-order valence-corrected chi connectivity index (χ3v) is 8.38. The van der Waals surface area contributed by atoms with Crippen molar-refractivity contribution >= 4 is 16.0 Å². The van der Waals surface area contributed by atoms with Crippen molar-refractivity contribution in [1.82, 2.24) is 14.3 Å². The molecule has 2 aliphatic rings. The van der Waals surface area contributed by atoms with Crippen LogP contribution in [0.15, 0.2) is 35.4 Å². The Morgan fingerprint density at radius 3 is 2.68 bits per heavy atom. The number of hydrogen-bond donors (Lipinski definition) is 2. The summed E-state index contributed by atoms with van der Waals surface area (Å²) in [6, 6.07) is 5.75. The Labute approximate surface area is 211 Å². The van der Waals surface area contributed by atoms with Gasteiger partial charge in [-0.25, -0.2) is 31.0 Å². The lowest BCUT2D eigenvalue weighted by molar-refractivity contribution is -0.162. The molecule has 200 valence electrons. The van der Waals surface area contributed by atoms with Crippen LogP contribution in [0.1, 0.15) is 38.2 Å². The molecule has 4 rings (SSSR count). The van der Waals surface area contributed by atoms with Crippen LogP contribution in [0, 0.1) is 17.1 Å². The van der Waals surface area contributed by atoms with Crippen LogP contribution < -0.4 is 10.1 Å². The van der Waals surface area contributed by atoms with Gasteiger partial charge in [-0.3, -0.25) is 0 Å². The van der Waals surface area contributed by atoms with Gasteiger partial charge in [0.15, 0.2) is 0 Å². The molecule has 1 aromatic heterocycles. The fourth-order valence-corrected chi connectivity index (χ4v) is 6.05. The van der Waals surface area contributed by atoms with Gasteiger partial charge in [-0.05, 0) is 31.9 Å². The molecule has 1 aliphatic carbocycles. The third-order valence-electron chi connectivity index (χ3n) is 6.48. The summed E-state index contributed by atoms with van der Waals surface area (Å²) in [5.74, 6) is -4.37. The van der Waals surface area contributed by atoms with E-state index in [1.807, 2.05) is 6.07 Å². The number of nitriles is 1. The van der Waals surface area contributed by atoms with Gasteiger partial charge in [-0.1, -0.05) is 12.1 Å². The van der Waals surface area contributed by atoms with E-state index in [9.17, 15) is 32.0 Å². The Kier molecular flexibility index (Phi) is 7.33. The molecule has 14 heteroatoms. The molecule has 2 aromatic rings. The summed E-state index contributed by atoms with van der Waals surface area (Å²) in [5, 5.41) is 22.6. The van der Waals surface area contributed by atoms with Gasteiger partial charge in [0.25, 0.3) is 5.92 Å². The van der Waals surface area contributed by atoms with E-state index in [1.54, 1.807) is 0 Å². The van der Waals surface area contributed by atoms with E-state index in [1.165, 1.54) is 19.1 Å². The van der Waals surface area contributed by atoms with E-state index >= 15 is 4.39 Å². The number of anilines is 1. The number of piperidine rings is 1. The van der Waals surface area contributed by atoms with Crippen LogP contribution in [0.25, 0.3) is 0 Å². The number of alkyl halides is 3. The smallest absolute Gasteiger partial charge is 0.251 e. The van der Waals surface area contributed by atoms with Crippen molar-refractivity contribution in [3.63, 3.8) is 0 Å². The second-order valence-corrected chi connectivity index (χ2v) is 11.3. The predicted octanol–water partition coefficient (Wildman–Crippen LogP) is 3.02. The summed E-state index contributed by atoms with van der Waals surface area (Å²) in [7, 11) is -4.25. The highest BCUT2D eigenvalue weighted by atomic mass is 32.2. The molecule has 1 saturated heterocycles. The van der Waals surface area contributed by atoms with Crippen molar-refractivity contribution in [2.75, 3.05) is 18.4 Å². The summed E-state index contributed by atoms with van der Waals surface area (Å²) in [5.41, 5.74) is -1.99. The van der Waals surface area contributed by atoms with E-state index in [0.29, 0.717) is 0 Å². The Balaban J connectivity index is 1.46. The number of halogens is 4. The van der Waals surface area contributed by atoms with E-state index in [2.05, 4.69) is 15.3 Å². The van der Waals surface area contributed by atoms with Crippen molar-refractivity contribution in [2.24, 2.45) is 0 Å². The van der Waals surface area contributed by atoms with Gasteiger partial charge in [0.05, 0.1) is 12.2 Å². The van der Waals surface area contributed by atoms with Gasteiger partial charge < -0.3 is 15.2 Å². The molecule has 2 fully saturated rings. The molecule has 1 aliphatic heterocycles. The van der Waals surface area contributed by atoms with Gasteiger partial charge in [0.1, 0.15) is 40.2 Å². The molecular formula is C23H25F4N5O4S. The van der Waals surface area contributed by atoms with Crippen molar-refractivity contribution in [1.29, 1.82) is 5.26 Å². The van der Waals surface area contributed by atoms with Crippen molar-refractivity contribution in [2.45, 2.75) is 67.3 Å². The lowest BCUT2D eigenvalue weighted by Crippen LogP contribution is -2.51. The highest BCUT2D eigenvalue weighted by Crippen LogP contribution is 2.41. The van der Waals surface area contributed by atoms with Crippen LogP contribution in [0.4, 0.5) is 23.5 Å².